The molecule has 0 aliphatic carbocycles. The van der Waals surface area contributed by atoms with E-state index >= 15 is 0 Å². The Kier molecular flexibility index (Phi) is 6.97. The van der Waals surface area contributed by atoms with E-state index in [1.807, 2.05) is 18.2 Å². The lowest BCUT2D eigenvalue weighted by Gasteiger charge is -2.31. The first-order valence-electron chi connectivity index (χ1n) is 11.9. The smallest absolute Gasteiger partial charge is 0.223 e. The van der Waals surface area contributed by atoms with Crippen LogP contribution in [0.25, 0.3) is 10.9 Å². The molecular weight excluding hydrogens is 446 g/mol. The Hall–Kier alpha value is -3.09. The summed E-state index contributed by atoms with van der Waals surface area (Å²) in [7, 11) is 0. The highest BCUT2D eigenvalue weighted by atomic mass is 35.5. The minimum atomic E-state index is 0.0929. The minimum Gasteiger partial charge on any atom is -0.355 e. The van der Waals surface area contributed by atoms with Crippen LogP contribution >= 0.6 is 11.6 Å². The number of benzene rings is 2. The number of hydrogen-bond donors (Lipinski definition) is 2. The van der Waals surface area contributed by atoms with Gasteiger partial charge in [-0.1, -0.05) is 41.9 Å². The highest BCUT2D eigenvalue weighted by Crippen LogP contribution is 2.25. The van der Waals surface area contributed by atoms with Crippen LogP contribution in [0.1, 0.15) is 29.8 Å². The third-order valence-electron chi connectivity index (χ3n) is 6.72. The van der Waals surface area contributed by atoms with E-state index in [9.17, 15) is 4.79 Å². The van der Waals surface area contributed by atoms with Crippen LogP contribution in [0.3, 0.4) is 0 Å². The molecule has 0 unspecified atom stereocenters. The number of H-pyrrole nitrogens is 1. The predicted octanol–water partition coefficient (Wildman–Crippen LogP) is 4.64. The van der Waals surface area contributed by atoms with E-state index in [0.29, 0.717) is 6.54 Å². The van der Waals surface area contributed by atoms with E-state index < -0.39 is 0 Å². The standard InChI is InChI=1S/C27H30ClN5O/c28-23-6-3-4-20(14-23)17-33-25(15-22-5-1-2-7-26(22)33)18-32-12-9-21(10-13-32)27(34)30-11-8-24-16-29-19-31-24/h1-7,14-16,19,21H,8-13,17-18H2,(H,29,31)(H,30,34). The number of hydrogen-bond acceptors (Lipinski definition) is 3. The van der Waals surface area contributed by atoms with Crippen LogP contribution in [-0.2, 0) is 24.3 Å². The second-order valence-corrected chi connectivity index (χ2v) is 9.52. The molecule has 5 rings (SSSR count). The molecule has 0 atom stereocenters. The van der Waals surface area contributed by atoms with Crippen LogP contribution in [0.15, 0.2) is 67.1 Å². The summed E-state index contributed by atoms with van der Waals surface area (Å²) in [6, 6.07) is 18.9. The summed E-state index contributed by atoms with van der Waals surface area (Å²) in [5.74, 6) is 0.268. The maximum atomic E-state index is 12.6. The van der Waals surface area contributed by atoms with Gasteiger partial charge in [-0.3, -0.25) is 9.69 Å². The van der Waals surface area contributed by atoms with E-state index in [1.165, 1.54) is 22.2 Å². The Morgan fingerprint density at radius 1 is 1.09 bits per heavy atom. The maximum Gasteiger partial charge on any atom is 0.223 e. The molecule has 0 spiro atoms. The molecule has 1 saturated heterocycles. The van der Waals surface area contributed by atoms with Gasteiger partial charge >= 0.3 is 0 Å². The maximum absolute atomic E-state index is 12.6. The number of halogens is 1. The average Bonchev–Trinajstić information content (AvgIpc) is 3.48. The highest BCUT2D eigenvalue weighted by molar-refractivity contribution is 6.30. The van der Waals surface area contributed by atoms with Gasteiger partial charge in [0.05, 0.1) is 6.33 Å². The van der Waals surface area contributed by atoms with Crippen LogP contribution < -0.4 is 5.32 Å². The topological polar surface area (TPSA) is 66.0 Å². The Labute approximate surface area is 204 Å². The largest absolute Gasteiger partial charge is 0.355 e. The third kappa shape index (κ3) is 5.34. The number of carbonyl (C=O) groups is 1. The summed E-state index contributed by atoms with van der Waals surface area (Å²) in [5, 5.41) is 5.11. The fourth-order valence-electron chi connectivity index (χ4n) is 4.87. The van der Waals surface area contributed by atoms with Gasteiger partial charge in [0.15, 0.2) is 0 Å². The van der Waals surface area contributed by atoms with E-state index in [-0.39, 0.29) is 11.8 Å². The summed E-state index contributed by atoms with van der Waals surface area (Å²) in [5.41, 5.74) is 4.77. The van der Waals surface area contributed by atoms with Crippen molar-refractivity contribution < 1.29 is 4.79 Å². The van der Waals surface area contributed by atoms with Gasteiger partial charge in [-0.2, -0.15) is 0 Å². The molecule has 6 nitrogen and oxygen atoms in total. The van der Waals surface area contributed by atoms with Gasteiger partial charge in [-0.05, 0) is 61.1 Å². The van der Waals surface area contributed by atoms with Crippen molar-refractivity contribution in [2.75, 3.05) is 19.6 Å². The molecule has 2 aromatic carbocycles. The number of para-hydroxylation sites is 1. The second kappa shape index (κ2) is 10.5. The number of likely N-dealkylation sites (tertiary alicyclic amines) is 1. The molecule has 0 bridgehead atoms. The molecule has 3 heterocycles. The number of imidazole rings is 1. The average molecular weight is 476 g/mol. The number of nitrogens with one attached hydrogen (secondary N) is 2. The first-order valence-corrected chi connectivity index (χ1v) is 12.3. The highest BCUT2D eigenvalue weighted by Gasteiger charge is 2.25. The Balaban J connectivity index is 1.21. The molecule has 2 aromatic heterocycles. The predicted molar refractivity (Wildman–Crippen MR) is 136 cm³/mol. The van der Waals surface area contributed by atoms with Crippen molar-refractivity contribution in [1.82, 2.24) is 24.8 Å². The first-order chi connectivity index (χ1) is 16.7. The monoisotopic (exact) mass is 475 g/mol. The number of carbonyl (C=O) groups excluding carboxylic acids is 1. The zero-order valence-corrected chi connectivity index (χ0v) is 20.0. The number of fused-ring (bicyclic) bond motifs is 1. The third-order valence-corrected chi connectivity index (χ3v) is 6.95. The molecule has 1 amide bonds. The molecule has 1 fully saturated rings. The number of aromatic amines is 1. The summed E-state index contributed by atoms with van der Waals surface area (Å²) < 4.78 is 2.40. The van der Waals surface area contributed by atoms with Crippen molar-refractivity contribution in [3.05, 3.63) is 89.1 Å². The molecule has 0 radical (unpaired) electrons. The molecule has 4 aromatic rings. The number of piperidine rings is 1. The lowest BCUT2D eigenvalue weighted by Crippen LogP contribution is -2.41. The molecule has 2 N–H and O–H groups in total. The van der Waals surface area contributed by atoms with E-state index in [4.69, 9.17) is 11.6 Å². The Morgan fingerprint density at radius 2 is 1.94 bits per heavy atom. The number of rotatable bonds is 8. The van der Waals surface area contributed by atoms with Gasteiger partial charge in [0.1, 0.15) is 0 Å². The Bertz CT molecular complexity index is 1240. The summed E-state index contributed by atoms with van der Waals surface area (Å²) >= 11 is 6.24. The normalized spacial score (nSPS) is 15.1. The van der Waals surface area contributed by atoms with Crippen LogP contribution in [-0.4, -0.2) is 45.0 Å². The number of amides is 1. The number of aromatic nitrogens is 3. The van der Waals surface area contributed by atoms with Crippen LogP contribution in [0.2, 0.25) is 5.02 Å². The van der Waals surface area contributed by atoms with Gasteiger partial charge in [0.25, 0.3) is 0 Å². The summed E-state index contributed by atoms with van der Waals surface area (Å²) in [6.07, 6.45) is 6.04. The van der Waals surface area contributed by atoms with Crippen molar-refractivity contribution in [3.8, 4) is 0 Å². The van der Waals surface area contributed by atoms with Crippen LogP contribution in [0.5, 0.6) is 0 Å². The molecule has 34 heavy (non-hydrogen) atoms. The molecule has 1 aliphatic rings. The fraction of sp³-hybridized carbons (Fsp3) is 0.333. The molecule has 1 aliphatic heterocycles. The van der Waals surface area contributed by atoms with Crippen LogP contribution in [0.4, 0.5) is 0 Å². The summed E-state index contributed by atoms with van der Waals surface area (Å²) in [4.78, 5) is 22.2. The van der Waals surface area contributed by atoms with E-state index in [2.05, 4.69) is 61.1 Å². The Morgan fingerprint density at radius 3 is 2.74 bits per heavy atom. The lowest BCUT2D eigenvalue weighted by molar-refractivity contribution is -0.126. The lowest BCUT2D eigenvalue weighted by atomic mass is 9.95. The fourth-order valence-corrected chi connectivity index (χ4v) is 5.08. The van der Waals surface area contributed by atoms with Crippen molar-refractivity contribution in [3.63, 3.8) is 0 Å². The van der Waals surface area contributed by atoms with Gasteiger partial charge in [-0.15, -0.1) is 0 Å². The molecular formula is C27H30ClN5O. The van der Waals surface area contributed by atoms with Crippen molar-refractivity contribution in [2.24, 2.45) is 5.92 Å². The van der Waals surface area contributed by atoms with Crippen molar-refractivity contribution >= 4 is 28.4 Å². The SMILES string of the molecule is O=C(NCCc1cnc[nH]1)C1CCN(Cc2cc3ccccc3n2Cc2cccc(Cl)c2)CC1. The van der Waals surface area contributed by atoms with Gasteiger partial charge < -0.3 is 14.9 Å². The molecule has 176 valence electrons. The van der Waals surface area contributed by atoms with Gasteiger partial charge in [-0.25, -0.2) is 4.98 Å². The van der Waals surface area contributed by atoms with E-state index in [0.717, 1.165) is 56.2 Å². The summed E-state index contributed by atoms with van der Waals surface area (Å²) in [6.45, 7) is 4.17. The molecule has 7 heteroatoms. The second-order valence-electron chi connectivity index (χ2n) is 9.08. The zero-order valence-electron chi connectivity index (χ0n) is 19.2. The van der Waals surface area contributed by atoms with Gasteiger partial charge in [0.2, 0.25) is 5.91 Å². The minimum absolute atomic E-state index is 0.0929. The van der Waals surface area contributed by atoms with Crippen molar-refractivity contribution in [2.45, 2.75) is 32.4 Å². The van der Waals surface area contributed by atoms with Crippen molar-refractivity contribution in [1.29, 1.82) is 0 Å². The van der Waals surface area contributed by atoms with E-state index in [1.54, 1.807) is 12.5 Å². The zero-order chi connectivity index (χ0) is 23.3. The number of nitrogens with zero attached hydrogens (tertiary/aromatic N) is 3. The molecule has 0 saturated carbocycles. The first kappa shape index (κ1) is 22.7. The van der Waals surface area contributed by atoms with Crippen LogP contribution in [0, 0.1) is 5.92 Å². The van der Waals surface area contributed by atoms with Gasteiger partial charge in [0, 0.05) is 60.1 Å². The quantitative estimate of drug-likeness (QED) is 0.390.